The Morgan fingerprint density at radius 3 is 2.79 bits per heavy atom. The fraction of sp³-hybridized carbons (Fsp3) is 0.400. The van der Waals surface area contributed by atoms with Gasteiger partial charge in [0, 0.05) is 43.9 Å². The highest BCUT2D eigenvalue weighted by molar-refractivity contribution is 5.98. The van der Waals surface area contributed by atoms with Gasteiger partial charge in [-0.25, -0.2) is 14.8 Å². The fourth-order valence-corrected chi connectivity index (χ4v) is 4.96. The molecule has 5 rings (SSSR count). The minimum absolute atomic E-state index is 0.109. The number of hydrogen-bond donors (Lipinski definition) is 3. The van der Waals surface area contributed by atoms with Crippen molar-refractivity contribution in [3.05, 3.63) is 58.8 Å². The van der Waals surface area contributed by atoms with Crippen molar-refractivity contribution >= 4 is 33.4 Å². The summed E-state index contributed by atoms with van der Waals surface area (Å²) in [7, 11) is 0. The van der Waals surface area contributed by atoms with Gasteiger partial charge in [-0.2, -0.15) is 0 Å². The van der Waals surface area contributed by atoms with E-state index in [0.717, 1.165) is 60.1 Å². The molecular formula is C25H30N6O2. The van der Waals surface area contributed by atoms with E-state index in [2.05, 4.69) is 49.4 Å². The maximum Gasteiger partial charge on any atom is 0.326 e. The molecule has 1 aliphatic rings. The molecule has 8 heteroatoms. The lowest BCUT2D eigenvalue weighted by Gasteiger charge is -2.34. The van der Waals surface area contributed by atoms with Gasteiger partial charge in [0.15, 0.2) is 0 Å². The first kappa shape index (κ1) is 21.5. The molecule has 8 nitrogen and oxygen atoms in total. The van der Waals surface area contributed by atoms with Gasteiger partial charge in [-0.05, 0) is 55.9 Å². The molecule has 0 bridgehead atoms. The number of aryl methyl sites for hydroxylation is 1. The van der Waals surface area contributed by atoms with Crippen LogP contribution in [0, 0.1) is 5.92 Å². The van der Waals surface area contributed by atoms with E-state index in [1.54, 1.807) is 10.9 Å². The number of hydrogen-bond acceptors (Lipinski definition) is 6. The van der Waals surface area contributed by atoms with Crippen LogP contribution in [0.5, 0.6) is 0 Å². The van der Waals surface area contributed by atoms with Gasteiger partial charge < -0.3 is 20.3 Å². The predicted molar refractivity (Wildman–Crippen MR) is 132 cm³/mol. The highest BCUT2D eigenvalue weighted by Crippen LogP contribution is 2.29. The summed E-state index contributed by atoms with van der Waals surface area (Å²) in [5.41, 5.74) is 4.81. The van der Waals surface area contributed by atoms with E-state index >= 15 is 0 Å². The molecule has 33 heavy (non-hydrogen) atoms. The third kappa shape index (κ3) is 4.18. The first-order valence-electron chi connectivity index (χ1n) is 11.7. The summed E-state index contributed by atoms with van der Waals surface area (Å²) in [5.74, 6) is 1.37. The minimum atomic E-state index is -0.109. The summed E-state index contributed by atoms with van der Waals surface area (Å²) in [4.78, 5) is 26.5. The summed E-state index contributed by atoms with van der Waals surface area (Å²) in [6.45, 7) is 5.51. The molecule has 0 spiro atoms. The fourth-order valence-electron chi connectivity index (χ4n) is 4.96. The number of anilines is 2. The lowest BCUT2D eigenvalue weighted by Crippen LogP contribution is -2.34. The van der Waals surface area contributed by atoms with Crippen LogP contribution in [0.3, 0.4) is 0 Å². The van der Waals surface area contributed by atoms with E-state index < -0.39 is 0 Å². The molecule has 1 aliphatic heterocycles. The standard InChI is InChI=1S/C25H30N6O2/c1-2-31-23-14-20-19(13-21(23)29-25(31)33)24(28-16-27-20)26-15-18-5-3-4-6-22(18)30-10-7-17(8-11-30)9-12-32/h3-6,13-14,16-17,32H,2,7-12,15H2,1H3,(H,29,33)(H,26,27,28). The van der Waals surface area contributed by atoms with Crippen LogP contribution in [0.15, 0.2) is 47.5 Å². The number of imidazole rings is 1. The molecule has 0 radical (unpaired) electrons. The topological polar surface area (TPSA) is 99.1 Å². The molecule has 0 aliphatic carbocycles. The molecule has 0 unspecified atom stereocenters. The first-order valence-corrected chi connectivity index (χ1v) is 11.7. The molecule has 3 heterocycles. The van der Waals surface area contributed by atoms with Crippen molar-refractivity contribution < 1.29 is 5.11 Å². The lowest BCUT2D eigenvalue weighted by atomic mass is 9.93. The third-order valence-electron chi connectivity index (χ3n) is 6.78. The van der Waals surface area contributed by atoms with E-state index in [1.165, 1.54) is 11.3 Å². The summed E-state index contributed by atoms with van der Waals surface area (Å²) < 4.78 is 1.71. The number of piperidine rings is 1. The van der Waals surface area contributed by atoms with E-state index in [4.69, 9.17) is 0 Å². The maximum absolute atomic E-state index is 12.2. The third-order valence-corrected chi connectivity index (χ3v) is 6.78. The molecule has 0 saturated carbocycles. The summed E-state index contributed by atoms with van der Waals surface area (Å²) >= 11 is 0. The second-order valence-electron chi connectivity index (χ2n) is 8.71. The van der Waals surface area contributed by atoms with E-state index in [-0.39, 0.29) is 12.3 Å². The number of fused-ring (bicyclic) bond motifs is 2. The van der Waals surface area contributed by atoms with Gasteiger partial charge in [0.2, 0.25) is 0 Å². The van der Waals surface area contributed by atoms with E-state index in [0.29, 0.717) is 19.0 Å². The Morgan fingerprint density at radius 1 is 1.18 bits per heavy atom. The second kappa shape index (κ2) is 9.23. The van der Waals surface area contributed by atoms with Crippen molar-refractivity contribution in [3.8, 4) is 0 Å². The van der Waals surface area contributed by atoms with Crippen LogP contribution in [0.2, 0.25) is 0 Å². The Kier molecular flexibility index (Phi) is 6.00. The van der Waals surface area contributed by atoms with Crippen LogP contribution in [0.4, 0.5) is 11.5 Å². The van der Waals surface area contributed by atoms with Crippen LogP contribution in [0.25, 0.3) is 21.9 Å². The van der Waals surface area contributed by atoms with Crippen LogP contribution in [-0.4, -0.2) is 44.3 Å². The molecule has 172 valence electrons. The van der Waals surface area contributed by atoms with Crippen molar-refractivity contribution in [2.24, 2.45) is 5.92 Å². The van der Waals surface area contributed by atoms with Crippen LogP contribution >= 0.6 is 0 Å². The van der Waals surface area contributed by atoms with E-state index in [1.807, 2.05) is 19.1 Å². The van der Waals surface area contributed by atoms with E-state index in [9.17, 15) is 9.90 Å². The minimum Gasteiger partial charge on any atom is -0.396 e. The molecule has 2 aromatic carbocycles. The van der Waals surface area contributed by atoms with Gasteiger partial charge in [0.25, 0.3) is 0 Å². The number of aromatic amines is 1. The zero-order valence-corrected chi connectivity index (χ0v) is 18.9. The zero-order chi connectivity index (χ0) is 22.8. The Labute approximate surface area is 192 Å². The molecule has 4 aromatic rings. The Morgan fingerprint density at radius 2 is 2.00 bits per heavy atom. The number of nitrogens with zero attached hydrogens (tertiary/aromatic N) is 4. The maximum atomic E-state index is 12.2. The van der Waals surface area contributed by atoms with Crippen molar-refractivity contribution in [3.63, 3.8) is 0 Å². The number of rotatable bonds is 7. The molecule has 3 N–H and O–H groups in total. The predicted octanol–water partition coefficient (Wildman–Crippen LogP) is 3.50. The van der Waals surface area contributed by atoms with Gasteiger partial charge in [0.05, 0.1) is 16.6 Å². The van der Waals surface area contributed by atoms with Gasteiger partial charge >= 0.3 is 5.69 Å². The Bertz CT molecular complexity index is 1320. The number of aromatic nitrogens is 4. The number of para-hydroxylation sites is 1. The molecule has 0 atom stereocenters. The molecule has 1 fully saturated rings. The monoisotopic (exact) mass is 446 g/mol. The largest absolute Gasteiger partial charge is 0.396 e. The van der Waals surface area contributed by atoms with Gasteiger partial charge in [-0.15, -0.1) is 0 Å². The van der Waals surface area contributed by atoms with Crippen LogP contribution < -0.4 is 15.9 Å². The molecule has 1 saturated heterocycles. The number of nitrogens with one attached hydrogen (secondary N) is 2. The Hall–Kier alpha value is -3.39. The SMILES string of the molecule is CCn1c(=O)[nH]c2cc3c(NCc4ccccc4N4CCC(CCO)CC4)ncnc3cc21. The average Bonchev–Trinajstić information content (AvgIpc) is 3.16. The Balaban J connectivity index is 1.39. The van der Waals surface area contributed by atoms with Gasteiger partial charge in [-0.1, -0.05) is 18.2 Å². The van der Waals surface area contributed by atoms with Crippen molar-refractivity contribution in [1.82, 2.24) is 19.5 Å². The average molecular weight is 447 g/mol. The van der Waals surface area contributed by atoms with Gasteiger partial charge in [-0.3, -0.25) is 4.57 Å². The second-order valence-corrected chi connectivity index (χ2v) is 8.71. The summed E-state index contributed by atoms with van der Waals surface area (Å²) in [6.07, 6.45) is 4.70. The number of aliphatic hydroxyl groups is 1. The number of H-pyrrole nitrogens is 1. The lowest BCUT2D eigenvalue weighted by molar-refractivity contribution is 0.240. The highest BCUT2D eigenvalue weighted by atomic mass is 16.3. The number of benzene rings is 2. The smallest absolute Gasteiger partial charge is 0.326 e. The normalized spacial score (nSPS) is 14.9. The molecular weight excluding hydrogens is 416 g/mol. The van der Waals surface area contributed by atoms with Crippen molar-refractivity contribution in [2.45, 2.75) is 39.3 Å². The molecule has 2 aromatic heterocycles. The van der Waals surface area contributed by atoms with Crippen LogP contribution in [-0.2, 0) is 13.1 Å². The van der Waals surface area contributed by atoms with Gasteiger partial charge in [0.1, 0.15) is 12.1 Å². The first-order chi connectivity index (χ1) is 16.2. The summed E-state index contributed by atoms with van der Waals surface area (Å²) in [5, 5.41) is 13.6. The summed E-state index contributed by atoms with van der Waals surface area (Å²) in [6, 6.07) is 12.4. The quantitative estimate of drug-likeness (QED) is 0.402. The molecule has 0 amide bonds. The highest BCUT2D eigenvalue weighted by Gasteiger charge is 2.20. The zero-order valence-electron chi connectivity index (χ0n) is 18.9. The number of aliphatic hydroxyl groups excluding tert-OH is 1. The van der Waals surface area contributed by atoms with Crippen LogP contribution in [0.1, 0.15) is 31.7 Å². The van der Waals surface area contributed by atoms with Crippen molar-refractivity contribution in [1.29, 1.82) is 0 Å². The van der Waals surface area contributed by atoms with Crippen molar-refractivity contribution in [2.75, 3.05) is 29.9 Å².